The number of ether oxygens (including phenoxy) is 1. The molecule has 0 aliphatic heterocycles. The lowest BCUT2D eigenvalue weighted by molar-refractivity contribution is 0.0378. The molecule has 0 aliphatic carbocycles. The Morgan fingerprint density at radius 3 is 2.76 bits per heavy atom. The van der Waals surface area contributed by atoms with Crippen molar-refractivity contribution in [3.05, 3.63) is 47.7 Å². The van der Waals surface area contributed by atoms with Gasteiger partial charge in [0.2, 0.25) is 0 Å². The summed E-state index contributed by atoms with van der Waals surface area (Å²) in [6.07, 6.45) is 1.34. The fraction of sp³-hybridized carbons (Fsp3) is 0.188. The molecule has 0 unspecified atom stereocenters. The molecule has 0 atom stereocenters. The van der Waals surface area contributed by atoms with Crippen LogP contribution >= 0.6 is 0 Å². The number of rotatable bonds is 6. The van der Waals surface area contributed by atoms with E-state index >= 15 is 0 Å². The molecule has 3 aromatic rings. The molecule has 25 heavy (non-hydrogen) atoms. The Morgan fingerprint density at radius 1 is 1.28 bits per heavy atom. The topological polar surface area (TPSA) is 118 Å². The number of hydrogen-bond acceptors (Lipinski definition) is 8. The lowest BCUT2D eigenvalue weighted by atomic mass is 10.1. The summed E-state index contributed by atoms with van der Waals surface area (Å²) in [5.74, 6) is 1.12. The minimum absolute atomic E-state index is 0.153. The third-order valence-corrected chi connectivity index (χ3v) is 3.08. The highest BCUT2D eigenvalue weighted by Crippen LogP contribution is 2.22. The number of benzene rings is 1. The molecule has 0 saturated heterocycles. The van der Waals surface area contributed by atoms with Gasteiger partial charge < -0.3 is 9.15 Å². The van der Waals surface area contributed by atoms with Crippen molar-refractivity contribution in [1.29, 1.82) is 0 Å². The van der Waals surface area contributed by atoms with Crippen molar-refractivity contribution in [2.24, 2.45) is 5.10 Å². The van der Waals surface area contributed by atoms with E-state index in [1.807, 2.05) is 19.9 Å². The van der Waals surface area contributed by atoms with Crippen LogP contribution in [0.15, 0.2) is 45.9 Å². The normalized spacial score (nSPS) is 11.2. The van der Waals surface area contributed by atoms with E-state index < -0.39 is 0 Å². The first kappa shape index (κ1) is 16.4. The maximum Gasteiger partial charge on any atom is 0.338 e. The van der Waals surface area contributed by atoms with Crippen LogP contribution in [-0.4, -0.2) is 38.9 Å². The standard InChI is InChI=1S/C16H16N6O3/c1-10(2)24-15(23)12-5-3-11(4-6-12)14-8-7-13(25-14)9-17-18-16-19-21-22-20-16/h3-10H,1-2H3,(H2,18,19,20,21,22). The van der Waals surface area contributed by atoms with Crippen LogP contribution in [0.5, 0.6) is 0 Å². The second kappa shape index (κ2) is 7.39. The summed E-state index contributed by atoms with van der Waals surface area (Å²) in [4.78, 5) is 11.8. The Bertz CT molecular complexity index is 852. The van der Waals surface area contributed by atoms with Crippen LogP contribution < -0.4 is 5.43 Å². The van der Waals surface area contributed by atoms with Gasteiger partial charge in [-0.05, 0) is 43.3 Å². The van der Waals surface area contributed by atoms with E-state index in [2.05, 4.69) is 31.2 Å². The van der Waals surface area contributed by atoms with Crippen LogP contribution in [0.4, 0.5) is 5.95 Å². The zero-order chi connectivity index (χ0) is 17.6. The number of anilines is 1. The number of aromatic nitrogens is 4. The van der Waals surface area contributed by atoms with Crippen LogP contribution in [0.2, 0.25) is 0 Å². The van der Waals surface area contributed by atoms with Gasteiger partial charge in [0.15, 0.2) is 0 Å². The van der Waals surface area contributed by atoms with Gasteiger partial charge in [-0.2, -0.15) is 10.3 Å². The van der Waals surface area contributed by atoms with Gasteiger partial charge in [0.05, 0.1) is 17.9 Å². The molecule has 0 fully saturated rings. The van der Waals surface area contributed by atoms with Crippen LogP contribution in [0.3, 0.4) is 0 Å². The van der Waals surface area contributed by atoms with E-state index in [9.17, 15) is 4.79 Å². The maximum atomic E-state index is 11.8. The molecular formula is C16H16N6O3. The molecule has 2 N–H and O–H groups in total. The molecule has 0 aliphatic rings. The molecule has 9 nitrogen and oxygen atoms in total. The molecule has 0 radical (unpaired) electrons. The quantitative estimate of drug-likeness (QED) is 0.402. The van der Waals surface area contributed by atoms with Gasteiger partial charge in [-0.25, -0.2) is 10.2 Å². The SMILES string of the molecule is CC(C)OC(=O)c1ccc(-c2ccc(C=NNc3nn[nH]n3)o2)cc1. The number of tetrazole rings is 1. The number of esters is 1. The lowest BCUT2D eigenvalue weighted by Gasteiger charge is -2.07. The number of nitrogens with one attached hydrogen (secondary N) is 2. The molecule has 3 rings (SSSR count). The highest BCUT2D eigenvalue weighted by Gasteiger charge is 2.10. The average molecular weight is 340 g/mol. The van der Waals surface area contributed by atoms with Crippen molar-refractivity contribution >= 4 is 18.1 Å². The minimum atomic E-state index is -0.346. The number of carbonyl (C=O) groups is 1. The van der Waals surface area contributed by atoms with E-state index in [1.54, 1.807) is 30.3 Å². The van der Waals surface area contributed by atoms with Gasteiger partial charge in [0.1, 0.15) is 11.5 Å². The summed E-state index contributed by atoms with van der Waals surface area (Å²) in [5, 5.41) is 17.0. The van der Waals surface area contributed by atoms with Crippen molar-refractivity contribution in [2.45, 2.75) is 20.0 Å². The Balaban J connectivity index is 1.65. The van der Waals surface area contributed by atoms with Gasteiger partial charge in [-0.3, -0.25) is 0 Å². The molecule has 0 amide bonds. The van der Waals surface area contributed by atoms with Gasteiger partial charge >= 0.3 is 5.97 Å². The van der Waals surface area contributed by atoms with Gasteiger partial charge in [-0.15, -0.1) is 5.10 Å². The molecule has 0 spiro atoms. The summed E-state index contributed by atoms with van der Waals surface area (Å²) in [6, 6.07) is 10.6. The van der Waals surface area contributed by atoms with Crippen molar-refractivity contribution in [2.75, 3.05) is 5.43 Å². The summed E-state index contributed by atoms with van der Waals surface area (Å²) >= 11 is 0. The predicted molar refractivity (Wildman–Crippen MR) is 90.1 cm³/mol. The van der Waals surface area contributed by atoms with Gasteiger partial charge in [-0.1, -0.05) is 17.2 Å². The molecule has 9 heteroatoms. The van der Waals surface area contributed by atoms with E-state index in [4.69, 9.17) is 9.15 Å². The fourth-order valence-electron chi connectivity index (χ4n) is 1.99. The molecule has 2 heterocycles. The Labute approximate surface area is 143 Å². The second-order valence-electron chi connectivity index (χ2n) is 5.34. The number of aromatic amines is 1. The number of furan rings is 1. The predicted octanol–water partition coefficient (Wildman–Crippen LogP) is 2.47. The van der Waals surface area contributed by atoms with E-state index in [0.717, 1.165) is 5.56 Å². The summed E-state index contributed by atoms with van der Waals surface area (Å²) < 4.78 is 10.8. The Kier molecular flexibility index (Phi) is 4.84. The van der Waals surface area contributed by atoms with Gasteiger partial charge in [0.25, 0.3) is 5.95 Å². The molecule has 128 valence electrons. The summed E-state index contributed by atoms with van der Waals surface area (Å²) in [6.45, 7) is 3.62. The van der Waals surface area contributed by atoms with Crippen molar-refractivity contribution < 1.29 is 13.9 Å². The van der Waals surface area contributed by atoms with E-state index in [0.29, 0.717) is 17.1 Å². The third kappa shape index (κ3) is 4.28. The zero-order valence-corrected chi connectivity index (χ0v) is 13.6. The molecule has 0 bridgehead atoms. The van der Waals surface area contributed by atoms with Crippen molar-refractivity contribution in [3.8, 4) is 11.3 Å². The monoisotopic (exact) mass is 340 g/mol. The van der Waals surface area contributed by atoms with Crippen molar-refractivity contribution in [1.82, 2.24) is 20.6 Å². The average Bonchev–Trinajstić information content (AvgIpc) is 3.26. The largest absolute Gasteiger partial charge is 0.459 e. The summed E-state index contributed by atoms with van der Waals surface area (Å²) in [5.41, 5.74) is 3.93. The highest BCUT2D eigenvalue weighted by atomic mass is 16.5. The first-order valence-electron chi connectivity index (χ1n) is 7.55. The number of carbonyl (C=O) groups excluding carboxylic acids is 1. The fourth-order valence-corrected chi connectivity index (χ4v) is 1.99. The third-order valence-electron chi connectivity index (χ3n) is 3.08. The first-order chi connectivity index (χ1) is 12.1. The van der Waals surface area contributed by atoms with E-state index in [1.165, 1.54) is 6.21 Å². The van der Waals surface area contributed by atoms with Crippen LogP contribution in [-0.2, 0) is 4.74 Å². The Morgan fingerprint density at radius 2 is 2.08 bits per heavy atom. The lowest BCUT2D eigenvalue weighted by Crippen LogP contribution is -2.11. The van der Waals surface area contributed by atoms with Crippen LogP contribution in [0.25, 0.3) is 11.3 Å². The smallest absolute Gasteiger partial charge is 0.338 e. The van der Waals surface area contributed by atoms with Crippen LogP contribution in [0, 0.1) is 0 Å². The molecule has 2 aromatic heterocycles. The zero-order valence-electron chi connectivity index (χ0n) is 13.6. The Hall–Kier alpha value is -3.49. The number of nitrogens with zero attached hydrogens (tertiary/aromatic N) is 4. The van der Waals surface area contributed by atoms with Crippen LogP contribution in [0.1, 0.15) is 30.0 Å². The number of hydrazone groups is 1. The summed E-state index contributed by atoms with van der Waals surface area (Å²) in [7, 11) is 0. The molecule has 0 saturated carbocycles. The number of hydrogen-bond donors (Lipinski definition) is 2. The highest BCUT2D eigenvalue weighted by molar-refractivity contribution is 5.90. The minimum Gasteiger partial charge on any atom is -0.459 e. The first-order valence-corrected chi connectivity index (χ1v) is 7.55. The van der Waals surface area contributed by atoms with E-state index in [-0.39, 0.29) is 18.0 Å². The number of H-pyrrole nitrogens is 1. The van der Waals surface area contributed by atoms with Crippen molar-refractivity contribution in [3.63, 3.8) is 0 Å². The molecular weight excluding hydrogens is 324 g/mol. The molecule has 1 aromatic carbocycles. The van der Waals surface area contributed by atoms with Gasteiger partial charge in [0, 0.05) is 5.56 Å². The maximum absolute atomic E-state index is 11.8. The second-order valence-corrected chi connectivity index (χ2v) is 5.34.